The first-order chi connectivity index (χ1) is 14.7. The summed E-state index contributed by atoms with van der Waals surface area (Å²) in [4.78, 5) is 13.0. The van der Waals surface area contributed by atoms with Crippen molar-refractivity contribution < 1.29 is 18.0 Å². The third-order valence-electron chi connectivity index (χ3n) is 5.27. The average molecular weight is 423 g/mol. The molecular formula is C24H20F3N3O. The van der Waals surface area contributed by atoms with E-state index in [2.05, 4.69) is 5.10 Å². The molecule has 3 aromatic rings. The lowest BCUT2D eigenvalue weighted by Gasteiger charge is -2.13. The van der Waals surface area contributed by atoms with Crippen LogP contribution >= 0.6 is 0 Å². The van der Waals surface area contributed by atoms with Crippen molar-refractivity contribution >= 4 is 23.4 Å². The molecule has 7 heteroatoms. The Morgan fingerprint density at radius 2 is 1.58 bits per heavy atom. The van der Waals surface area contributed by atoms with E-state index in [0.717, 1.165) is 29.1 Å². The Morgan fingerprint density at radius 1 is 0.903 bits per heavy atom. The van der Waals surface area contributed by atoms with Crippen LogP contribution in [0.3, 0.4) is 0 Å². The van der Waals surface area contributed by atoms with Gasteiger partial charge in [0.25, 0.3) is 5.91 Å². The lowest BCUT2D eigenvalue weighted by molar-refractivity contribution is -0.137. The molecule has 1 aliphatic rings. The fourth-order valence-corrected chi connectivity index (χ4v) is 3.74. The van der Waals surface area contributed by atoms with Gasteiger partial charge in [-0.15, -0.1) is 0 Å². The molecule has 0 aliphatic carbocycles. The highest BCUT2D eigenvalue weighted by Crippen LogP contribution is 2.32. The number of hydrogen-bond donors (Lipinski definition) is 0. The van der Waals surface area contributed by atoms with Crippen molar-refractivity contribution in [3.63, 3.8) is 0 Å². The molecule has 0 bridgehead atoms. The largest absolute Gasteiger partial charge is 0.416 e. The zero-order valence-electron chi connectivity index (χ0n) is 17.2. The van der Waals surface area contributed by atoms with E-state index in [1.165, 1.54) is 11.1 Å². The van der Waals surface area contributed by atoms with Gasteiger partial charge < -0.3 is 4.57 Å². The monoisotopic (exact) mass is 423 g/mol. The number of hydrogen-bond acceptors (Lipinski definition) is 2. The molecule has 1 amide bonds. The molecule has 1 aromatic heterocycles. The highest BCUT2D eigenvalue weighted by atomic mass is 19.4. The zero-order chi connectivity index (χ0) is 22.3. The summed E-state index contributed by atoms with van der Waals surface area (Å²) in [6, 6.07) is 16.2. The van der Waals surface area contributed by atoms with Gasteiger partial charge >= 0.3 is 6.18 Å². The van der Waals surface area contributed by atoms with Crippen molar-refractivity contribution in [1.82, 2.24) is 4.57 Å². The minimum absolute atomic E-state index is 0.243. The van der Waals surface area contributed by atoms with Crippen molar-refractivity contribution in [1.29, 1.82) is 0 Å². The third-order valence-corrected chi connectivity index (χ3v) is 5.27. The van der Waals surface area contributed by atoms with E-state index in [1.54, 1.807) is 35.8 Å². The van der Waals surface area contributed by atoms with Gasteiger partial charge in [0, 0.05) is 17.1 Å². The van der Waals surface area contributed by atoms with Crippen molar-refractivity contribution in [2.45, 2.75) is 26.9 Å². The predicted molar refractivity (Wildman–Crippen MR) is 115 cm³/mol. The number of carbonyl (C=O) groups excluding carboxylic acids is 1. The SMILES string of the molecule is CC1=NN(c2ccccc2)C(=O)C1=Cc1cc(C)n(-c2cccc(C(F)(F)F)c2)c1C. The Bertz CT molecular complexity index is 1220. The van der Waals surface area contributed by atoms with Gasteiger partial charge in [-0.05, 0) is 68.8 Å². The minimum atomic E-state index is -4.42. The number of amides is 1. The maximum atomic E-state index is 13.1. The van der Waals surface area contributed by atoms with Crippen LogP contribution < -0.4 is 5.01 Å². The van der Waals surface area contributed by atoms with Crippen LogP contribution in [0.2, 0.25) is 0 Å². The molecule has 0 N–H and O–H groups in total. The van der Waals surface area contributed by atoms with Gasteiger partial charge in [-0.1, -0.05) is 24.3 Å². The molecule has 0 unspecified atom stereocenters. The zero-order valence-corrected chi connectivity index (χ0v) is 17.2. The number of aromatic nitrogens is 1. The molecule has 0 radical (unpaired) electrons. The Morgan fingerprint density at radius 3 is 2.26 bits per heavy atom. The molecule has 4 nitrogen and oxygen atoms in total. The van der Waals surface area contributed by atoms with Gasteiger partial charge in [0.15, 0.2) is 0 Å². The summed E-state index contributed by atoms with van der Waals surface area (Å²) >= 11 is 0. The fraction of sp³-hybridized carbons (Fsp3) is 0.167. The first-order valence-corrected chi connectivity index (χ1v) is 9.70. The summed E-state index contributed by atoms with van der Waals surface area (Å²) in [6.07, 6.45) is -2.67. The normalized spacial score (nSPS) is 15.7. The summed E-state index contributed by atoms with van der Waals surface area (Å²) in [6.45, 7) is 5.40. The summed E-state index contributed by atoms with van der Waals surface area (Å²) in [5, 5.41) is 5.73. The molecular weight excluding hydrogens is 403 g/mol. The van der Waals surface area contributed by atoms with Gasteiger partial charge in [-0.2, -0.15) is 23.3 Å². The second-order valence-electron chi connectivity index (χ2n) is 7.41. The second kappa shape index (κ2) is 7.58. The molecule has 0 saturated carbocycles. The van der Waals surface area contributed by atoms with Gasteiger partial charge in [0.05, 0.1) is 22.5 Å². The van der Waals surface area contributed by atoms with Crippen molar-refractivity contribution in [2.24, 2.45) is 5.10 Å². The molecule has 0 atom stereocenters. The maximum Gasteiger partial charge on any atom is 0.416 e. The molecule has 0 spiro atoms. The number of halogens is 3. The van der Waals surface area contributed by atoms with Gasteiger partial charge in [0.2, 0.25) is 0 Å². The molecule has 0 saturated heterocycles. The van der Waals surface area contributed by atoms with Crippen LogP contribution in [0, 0.1) is 13.8 Å². The Hall–Kier alpha value is -3.61. The Balaban J connectivity index is 1.73. The van der Waals surface area contributed by atoms with Gasteiger partial charge in [-0.3, -0.25) is 4.79 Å². The molecule has 31 heavy (non-hydrogen) atoms. The van der Waals surface area contributed by atoms with E-state index in [4.69, 9.17) is 0 Å². The van der Waals surface area contributed by atoms with E-state index in [9.17, 15) is 18.0 Å². The molecule has 2 heterocycles. The second-order valence-corrected chi connectivity index (χ2v) is 7.41. The van der Waals surface area contributed by atoms with Crippen LogP contribution in [0.5, 0.6) is 0 Å². The standard InChI is InChI=1S/C24H20F3N3O/c1-15-12-18(17(3)29(15)21-11-7-8-19(14-21)24(25,26)27)13-22-16(2)28-30(23(22)31)20-9-5-4-6-10-20/h4-14H,1-3H3. The van der Waals surface area contributed by atoms with Gasteiger partial charge in [-0.25, -0.2) is 0 Å². The van der Waals surface area contributed by atoms with E-state index < -0.39 is 11.7 Å². The summed E-state index contributed by atoms with van der Waals surface area (Å²) in [5.74, 6) is -0.243. The topological polar surface area (TPSA) is 37.6 Å². The maximum absolute atomic E-state index is 13.1. The number of alkyl halides is 3. The first kappa shape index (κ1) is 20.7. The smallest absolute Gasteiger partial charge is 0.318 e. The predicted octanol–water partition coefficient (Wildman–Crippen LogP) is 5.92. The number of nitrogens with zero attached hydrogens (tertiary/aromatic N) is 3. The molecule has 1 aliphatic heterocycles. The first-order valence-electron chi connectivity index (χ1n) is 9.70. The number of benzene rings is 2. The highest BCUT2D eigenvalue weighted by Gasteiger charge is 2.31. The Labute approximate surface area is 177 Å². The number of hydrazone groups is 1. The number of anilines is 1. The van der Waals surface area contributed by atoms with E-state index in [0.29, 0.717) is 22.7 Å². The van der Waals surface area contributed by atoms with E-state index in [-0.39, 0.29) is 5.91 Å². The van der Waals surface area contributed by atoms with Crippen LogP contribution in [-0.2, 0) is 11.0 Å². The number of carbonyl (C=O) groups is 1. The summed E-state index contributed by atoms with van der Waals surface area (Å²) in [7, 11) is 0. The minimum Gasteiger partial charge on any atom is -0.318 e. The number of rotatable bonds is 3. The Kier molecular flexibility index (Phi) is 5.05. The number of aryl methyl sites for hydroxylation is 1. The van der Waals surface area contributed by atoms with Crippen LogP contribution in [0.15, 0.2) is 71.3 Å². The quantitative estimate of drug-likeness (QED) is 0.482. The van der Waals surface area contributed by atoms with E-state index in [1.807, 2.05) is 38.1 Å². The van der Waals surface area contributed by atoms with E-state index >= 15 is 0 Å². The van der Waals surface area contributed by atoms with Crippen molar-refractivity contribution in [3.05, 3.63) is 88.8 Å². The fourth-order valence-electron chi connectivity index (χ4n) is 3.74. The number of para-hydroxylation sites is 1. The average Bonchev–Trinajstić information content (AvgIpc) is 3.18. The summed E-state index contributed by atoms with van der Waals surface area (Å²) < 4.78 is 41.2. The van der Waals surface area contributed by atoms with Crippen molar-refractivity contribution in [3.8, 4) is 5.69 Å². The van der Waals surface area contributed by atoms with Crippen LogP contribution in [0.1, 0.15) is 29.4 Å². The van der Waals surface area contributed by atoms with Crippen LogP contribution in [-0.4, -0.2) is 16.2 Å². The molecule has 2 aromatic carbocycles. The van der Waals surface area contributed by atoms with Crippen LogP contribution in [0.25, 0.3) is 11.8 Å². The van der Waals surface area contributed by atoms with Gasteiger partial charge in [0.1, 0.15) is 0 Å². The molecule has 4 rings (SSSR count). The molecule has 158 valence electrons. The lowest BCUT2D eigenvalue weighted by atomic mass is 10.1. The lowest BCUT2D eigenvalue weighted by Crippen LogP contribution is -2.21. The molecule has 0 fully saturated rings. The van der Waals surface area contributed by atoms with Crippen molar-refractivity contribution in [2.75, 3.05) is 5.01 Å². The van der Waals surface area contributed by atoms with Crippen LogP contribution in [0.4, 0.5) is 18.9 Å². The highest BCUT2D eigenvalue weighted by molar-refractivity contribution is 6.32. The third kappa shape index (κ3) is 3.79. The summed E-state index contributed by atoms with van der Waals surface area (Å²) in [5.41, 5.74) is 3.68.